The van der Waals surface area contributed by atoms with E-state index in [2.05, 4.69) is 22.2 Å². The number of hydrogen-bond donors (Lipinski definition) is 1. The summed E-state index contributed by atoms with van der Waals surface area (Å²) in [4.78, 5) is 18.0. The third-order valence-electron chi connectivity index (χ3n) is 2.56. The van der Waals surface area contributed by atoms with Gasteiger partial charge in [-0.3, -0.25) is 10.1 Å². The van der Waals surface area contributed by atoms with Gasteiger partial charge in [0.1, 0.15) is 6.33 Å². The van der Waals surface area contributed by atoms with Gasteiger partial charge in [-0.15, -0.1) is 0 Å². The van der Waals surface area contributed by atoms with Crippen LogP contribution >= 0.6 is 0 Å². The second kappa shape index (κ2) is 9.03. The van der Waals surface area contributed by atoms with E-state index in [0.29, 0.717) is 13.2 Å². The van der Waals surface area contributed by atoms with E-state index in [1.807, 2.05) is 0 Å². The Morgan fingerprint density at radius 3 is 2.75 bits per heavy atom. The molecular weight excluding hydrogens is 264 g/mol. The summed E-state index contributed by atoms with van der Waals surface area (Å²) in [5.41, 5.74) is -0.248. The van der Waals surface area contributed by atoms with E-state index < -0.39 is 4.92 Å². The van der Waals surface area contributed by atoms with Crippen LogP contribution in [0, 0.1) is 10.1 Å². The van der Waals surface area contributed by atoms with Crippen LogP contribution in [0.2, 0.25) is 0 Å². The van der Waals surface area contributed by atoms with Crippen LogP contribution in [0.15, 0.2) is 6.33 Å². The van der Waals surface area contributed by atoms with E-state index in [1.165, 1.54) is 13.4 Å². The minimum absolute atomic E-state index is 0.0494. The van der Waals surface area contributed by atoms with Crippen molar-refractivity contribution in [2.45, 2.75) is 26.2 Å². The molecule has 1 heterocycles. The van der Waals surface area contributed by atoms with Crippen LogP contribution in [-0.2, 0) is 4.74 Å². The first-order valence-electron chi connectivity index (χ1n) is 6.55. The Kier molecular flexibility index (Phi) is 7.26. The molecule has 0 atom stereocenters. The number of nitrogens with zero attached hydrogens (tertiary/aromatic N) is 3. The first kappa shape index (κ1) is 16.1. The van der Waals surface area contributed by atoms with Crippen molar-refractivity contribution < 1.29 is 14.4 Å². The molecule has 0 aliphatic carbocycles. The molecule has 0 amide bonds. The summed E-state index contributed by atoms with van der Waals surface area (Å²) in [5.74, 6) is 0.113. The lowest BCUT2D eigenvalue weighted by molar-refractivity contribution is -0.385. The molecule has 0 radical (unpaired) electrons. The molecule has 1 rings (SSSR count). The van der Waals surface area contributed by atoms with Gasteiger partial charge in [0.05, 0.1) is 12.0 Å². The minimum Gasteiger partial charge on any atom is -0.476 e. The van der Waals surface area contributed by atoms with Crippen molar-refractivity contribution in [3.63, 3.8) is 0 Å². The van der Waals surface area contributed by atoms with Crippen molar-refractivity contribution in [3.8, 4) is 5.88 Å². The Bertz CT molecular complexity index is 428. The molecule has 1 aromatic heterocycles. The number of ether oxygens (including phenoxy) is 2. The highest BCUT2D eigenvalue weighted by atomic mass is 16.6. The van der Waals surface area contributed by atoms with Gasteiger partial charge in [0.25, 0.3) is 5.88 Å². The number of nitro groups is 1. The summed E-state index contributed by atoms with van der Waals surface area (Å²) in [6, 6.07) is 0. The molecule has 8 nitrogen and oxygen atoms in total. The summed E-state index contributed by atoms with van der Waals surface area (Å²) < 4.78 is 10.3. The van der Waals surface area contributed by atoms with Crippen molar-refractivity contribution >= 4 is 11.5 Å². The van der Waals surface area contributed by atoms with Gasteiger partial charge in [-0.25, -0.2) is 4.98 Å². The van der Waals surface area contributed by atoms with Crippen molar-refractivity contribution in [1.29, 1.82) is 0 Å². The maximum atomic E-state index is 11.0. The fourth-order valence-electron chi connectivity index (χ4n) is 1.54. The van der Waals surface area contributed by atoms with Gasteiger partial charge in [0.2, 0.25) is 5.82 Å². The third kappa shape index (κ3) is 4.96. The summed E-state index contributed by atoms with van der Waals surface area (Å²) >= 11 is 0. The molecule has 0 aliphatic rings. The summed E-state index contributed by atoms with van der Waals surface area (Å²) in [6.45, 7) is 4.00. The second-order valence-electron chi connectivity index (χ2n) is 4.08. The normalized spacial score (nSPS) is 10.3. The molecule has 0 aliphatic heterocycles. The molecule has 1 aromatic rings. The lowest BCUT2D eigenvalue weighted by Crippen LogP contribution is -2.10. The van der Waals surface area contributed by atoms with Gasteiger partial charge in [-0.2, -0.15) is 4.98 Å². The van der Waals surface area contributed by atoms with Crippen LogP contribution in [0.25, 0.3) is 0 Å². The van der Waals surface area contributed by atoms with Crippen LogP contribution in [0.1, 0.15) is 26.2 Å². The number of unbranched alkanes of at least 4 members (excludes halogenated alkanes) is 1. The fraction of sp³-hybridized carbons (Fsp3) is 0.667. The van der Waals surface area contributed by atoms with Crippen LogP contribution in [-0.4, -0.2) is 41.8 Å². The maximum Gasteiger partial charge on any atom is 0.372 e. The molecule has 0 unspecified atom stereocenters. The van der Waals surface area contributed by atoms with Gasteiger partial charge in [-0.05, 0) is 12.8 Å². The highest BCUT2D eigenvalue weighted by Gasteiger charge is 2.23. The zero-order valence-electron chi connectivity index (χ0n) is 11.8. The molecule has 0 spiro atoms. The number of anilines is 1. The van der Waals surface area contributed by atoms with Crippen LogP contribution in [0.3, 0.4) is 0 Å². The van der Waals surface area contributed by atoms with Gasteiger partial charge in [0.15, 0.2) is 0 Å². The zero-order chi connectivity index (χ0) is 14.8. The molecule has 1 N–H and O–H groups in total. The van der Waals surface area contributed by atoms with Crippen molar-refractivity contribution in [1.82, 2.24) is 9.97 Å². The molecule has 8 heteroatoms. The lowest BCUT2D eigenvalue weighted by Gasteiger charge is -2.08. The molecule has 0 fully saturated rings. The molecular formula is C12H20N4O4. The SMILES string of the molecule is CCCCOCCCNc1ncnc(OC)c1[N+](=O)[O-]. The Hall–Kier alpha value is -1.96. The average Bonchev–Trinajstić information content (AvgIpc) is 2.45. The first-order chi connectivity index (χ1) is 9.70. The topological polar surface area (TPSA) is 99.4 Å². The lowest BCUT2D eigenvalue weighted by atomic mass is 10.3. The molecule has 0 saturated heterocycles. The molecule has 0 aromatic carbocycles. The predicted molar refractivity (Wildman–Crippen MR) is 74.1 cm³/mol. The summed E-state index contributed by atoms with van der Waals surface area (Å²) in [6.07, 6.45) is 4.12. The largest absolute Gasteiger partial charge is 0.476 e. The number of hydrogen-bond acceptors (Lipinski definition) is 7. The minimum atomic E-state index is -0.557. The summed E-state index contributed by atoms with van der Waals surface area (Å²) in [7, 11) is 1.33. The zero-order valence-corrected chi connectivity index (χ0v) is 11.8. The van der Waals surface area contributed by atoms with E-state index in [0.717, 1.165) is 25.9 Å². The molecule has 0 saturated carbocycles. The highest BCUT2D eigenvalue weighted by molar-refractivity contribution is 5.60. The van der Waals surface area contributed by atoms with Gasteiger partial charge < -0.3 is 14.8 Å². The van der Waals surface area contributed by atoms with Crippen molar-refractivity contribution in [2.24, 2.45) is 0 Å². The van der Waals surface area contributed by atoms with Crippen LogP contribution in [0.4, 0.5) is 11.5 Å². The predicted octanol–water partition coefficient (Wildman–Crippen LogP) is 2.01. The first-order valence-corrected chi connectivity index (χ1v) is 6.55. The number of aromatic nitrogens is 2. The monoisotopic (exact) mass is 284 g/mol. The van der Waals surface area contributed by atoms with Crippen molar-refractivity contribution in [2.75, 3.05) is 32.2 Å². The van der Waals surface area contributed by atoms with Gasteiger partial charge >= 0.3 is 5.69 Å². The van der Waals surface area contributed by atoms with E-state index in [9.17, 15) is 10.1 Å². The number of methoxy groups -OCH3 is 1. The maximum absolute atomic E-state index is 11.0. The molecule has 0 bridgehead atoms. The van der Waals surface area contributed by atoms with E-state index in [-0.39, 0.29) is 17.4 Å². The Labute approximate surface area is 117 Å². The smallest absolute Gasteiger partial charge is 0.372 e. The second-order valence-corrected chi connectivity index (χ2v) is 4.08. The number of nitrogens with one attached hydrogen (secondary N) is 1. The highest BCUT2D eigenvalue weighted by Crippen LogP contribution is 2.30. The summed E-state index contributed by atoms with van der Waals surface area (Å²) in [5, 5.41) is 13.9. The third-order valence-corrected chi connectivity index (χ3v) is 2.56. The molecule has 20 heavy (non-hydrogen) atoms. The quantitative estimate of drug-likeness (QED) is 0.398. The molecule has 112 valence electrons. The number of rotatable bonds is 10. The fourth-order valence-corrected chi connectivity index (χ4v) is 1.54. The van der Waals surface area contributed by atoms with Gasteiger partial charge in [0, 0.05) is 19.8 Å². The van der Waals surface area contributed by atoms with E-state index >= 15 is 0 Å². The Balaban J connectivity index is 2.45. The van der Waals surface area contributed by atoms with Crippen LogP contribution < -0.4 is 10.1 Å². The van der Waals surface area contributed by atoms with E-state index in [4.69, 9.17) is 9.47 Å². The standard InChI is InChI=1S/C12H20N4O4/c1-3-4-7-20-8-5-6-13-11-10(16(17)18)12(19-2)15-9-14-11/h9H,3-8H2,1-2H3,(H,13,14,15). The average molecular weight is 284 g/mol. The van der Waals surface area contributed by atoms with Crippen molar-refractivity contribution in [3.05, 3.63) is 16.4 Å². The Morgan fingerprint density at radius 2 is 2.10 bits per heavy atom. The van der Waals surface area contributed by atoms with Crippen LogP contribution in [0.5, 0.6) is 5.88 Å². The van der Waals surface area contributed by atoms with E-state index in [1.54, 1.807) is 0 Å². The Morgan fingerprint density at radius 1 is 1.35 bits per heavy atom. The van der Waals surface area contributed by atoms with Gasteiger partial charge in [-0.1, -0.05) is 13.3 Å².